The Morgan fingerprint density at radius 3 is 3.05 bits per heavy atom. The molecule has 5 nitrogen and oxygen atoms in total. The van der Waals surface area contributed by atoms with Crippen LogP contribution in [-0.2, 0) is 16.1 Å². The van der Waals surface area contributed by atoms with Crippen molar-refractivity contribution < 1.29 is 9.53 Å². The van der Waals surface area contributed by atoms with E-state index < -0.39 is 0 Å². The van der Waals surface area contributed by atoms with E-state index in [1.165, 1.54) is 19.3 Å². The number of ether oxygens (including phenoxy) is 1. The molecular formula is C16H25N3O2. The first-order valence-electron chi connectivity index (χ1n) is 8.01. The van der Waals surface area contributed by atoms with Crippen LogP contribution in [0.4, 0.5) is 0 Å². The number of aromatic nitrogens is 2. The van der Waals surface area contributed by atoms with E-state index >= 15 is 0 Å². The molecule has 3 rings (SSSR count). The van der Waals surface area contributed by atoms with Gasteiger partial charge in [0, 0.05) is 51.0 Å². The fourth-order valence-corrected chi connectivity index (χ4v) is 4.12. The molecule has 0 aromatic carbocycles. The van der Waals surface area contributed by atoms with Gasteiger partial charge in [0.2, 0.25) is 5.91 Å². The Balaban J connectivity index is 1.59. The standard InChI is InChI=1S/C16H25N3O2/c1-21-14-5-2-7-16(14)8-3-10-18(13-16)15(20)6-12-19-11-4-9-17-19/h4,9,11,14H,2-3,5-8,10,12-13H2,1H3/t14-,16+/m1/s1. The largest absolute Gasteiger partial charge is 0.381 e. The summed E-state index contributed by atoms with van der Waals surface area (Å²) in [5, 5.41) is 4.16. The second-order valence-electron chi connectivity index (χ2n) is 6.42. The van der Waals surface area contributed by atoms with Crippen LogP contribution >= 0.6 is 0 Å². The Morgan fingerprint density at radius 2 is 2.29 bits per heavy atom. The van der Waals surface area contributed by atoms with E-state index in [1.807, 2.05) is 24.1 Å². The Bertz CT molecular complexity index is 474. The first-order chi connectivity index (χ1) is 10.2. The third-order valence-electron chi connectivity index (χ3n) is 5.18. The lowest BCUT2D eigenvalue weighted by molar-refractivity contribution is -0.137. The summed E-state index contributed by atoms with van der Waals surface area (Å²) < 4.78 is 7.52. The van der Waals surface area contributed by atoms with Gasteiger partial charge in [0.25, 0.3) is 0 Å². The highest BCUT2D eigenvalue weighted by Gasteiger charge is 2.46. The highest BCUT2D eigenvalue weighted by molar-refractivity contribution is 5.76. The zero-order valence-corrected chi connectivity index (χ0v) is 12.8. The minimum atomic E-state index is 0.217. The van der Waals surface area contributed by atoms with Gasteiger partial charge in [0.15, 0.2) is 0 Å². The Morgan fingerprint density at radius 1 is 1.43 bits per heavy atom. The number of likely N-dealkylation sites (tertiary alicyclic amines) is 1. The summed E-state index contributed by atoms with van der Waals surface area (Å²) >= 11 is 0. The van der Waals surface area contributed by atoms with Gasteiger partial charge < -0.3 is 9.64 Å². The number of carbonyl (C=O) groups excluding carboxylic acids is 1. The minimum absolute atomic E-state index is 0.217. The fraction of sp³-hybridized carbons (Fsp3) is 0.750. The number of aryl methyl sites for hydroxylation is 1. The van der Waals surface area contributed by atoms with Crippen LogP contribution < -0.4 is 0 Å². The molecule has 1 aromatic rings. The van der Waals surface area contributed by atoms with Crippen molar-refractivity contribution in [1.29, 1.82) is 0 Å². The van der Waals surface area contributed by atoms with Gasteiger partial charge in [-0.25, -0.2) is 0 Å². The summed E-state index contributed by atoms with van der Waals surface area (Å²) in [6, 6.07) is 1.89. The summed E-state index contributed by atoms with van der Waals surface area (Å²) in [5.74, 6) is 0.256. The van der Waals surface area contributed by atoms with Crippen LogP contribution in [-0.4, -0.2) is 46.9 Å². The zero-order chi connectivity index (χ0) is 14.7. The SMILES string of the molecule is CO[C@@H]1CCC[C@@]12CCCN(C(=O)CCn1cccn1)C2. The quantitative estimate of drug-likeness (QED) is 0.853. The molecule has 2 atom stereocenters. The summed E-state index contributed by atoms with van der Waals surface area (Å²) in [4.78, 5) is 14.5. The van der Waals surface area contributed by atoms with E-state index in [9.17, 15) is 4.79 Å². The highest BCUT2D eigenvalue weighted by Crippen LogP contribution is 2.46. The molecule has 2 aliphatic rings. The molecule has 5 heteroatoms. The monoisotopic (exact) mass is 291 g/mol. The Kier molecular flexibility index (Phi) is 4.29. The van der Waals surface area contributed by atoms with Gasteiger partial charge in [0.1, 0.15) is 0 Å². The number of hydrogen-bond acceptors (Lipinski definition) is 3. The summed E-state index contributed by atoms with van der Waals surface area (Å²) in [7, 11) is 1.82. The summed E-state index contributed by atoms with van der Waals surface area (Å²) in [6.07, 6.45) is 10.4. The first-order valence-corrected chi connectivity index (χ1v) is 8.01. The van der Waals surface area contributed by atoms with Crippen molar-refractivity contribution in [3.05, 3.63) is 18.5 Å². The molecule has 1 saturated heterocycles. The van der Waals surface area contributed by atoms with E-state index in [1.54, 1.807) is 6.20 Å². The number of piperidine rings is 1. The Labute approximate surface area is 126 Å². The number of hydrogen-bond donors (Lipinski definition) is 0. The molecule has 1 amide bonds. The lowest BCUT2D eigenvalue weighted by Crippen LogP contribution is -2.49. The molecule has 1 saturated carbocycles. The van der Waals surface area contributed by atoms with Gasteiger partial charge >= 0.3 is 0 Å². The van der Waals surface area contributed by atoms with Crippen LogP contribution in [0.25, 0.3) is 0 Å². The van der Waals surface area contributed by atoms with E-state index in [-0.39, 0.29) is 11.3 Å². The molecule has 21 heavy (non-hydrogen) atoms. The van der Waals surface area contributed by atoms with Crippen molar-refractivity contribution in [2.24, 2.45) is 5.41 Å². The number of carbonyl (C=O) groups is 1. The molecular weight excluding hydrogens is 266 g/mol. The lowest BCUT2D eigenvalue weighted by Gasteiger charge is -2.43. The second-order valence-corrected chi connectivity index (χ2v) is 6.42. The number of amides is 1. The van der Waals surface area contributed by atoms with Crippen molar-refractivity contribution in [2.75, 3.05) is 20.2 Å². The number of rotatable bonds is 4. The van der Waals surface area contributed by atoms with Gasteiger partial charge in [-0.3, -0.25) is 9.48 Å². The maximum atomic E-state index is 12.5. The summed E-state index contributed by atoms with van der Waals surface area (Å²) in [5.41, 5.74) is 0.217. The second kappa shape index (κ2) is 6.18. The van der Waals surface area contributed by atoms with Gasteiger partial charge in [0.05, 0.1) is 6.10 Å². The molecule has 1 aliphatic heterocycles. The van der Waals surface area contributed by atoms with E-state index in [0.717, 1.165) is 25.9 Å². The molecule has 0 bridgehead atoms. The van der Waals surface area contributed by atoms with Crippen molar-refractivity contribution in [3.8, 4) is 0 Å². The Hall–Kier alpha value is -1.36. The third-order valence-corrected chi connectivity index (χ3v) is 5.18. The van der Waals surface area contributed by atoms with Crippen LogP contribution in [0.2, 0.25) is 0 Å². The number of nitrogens with zero attached hydrogens (tertiary/aromatic N) is 3. The van der Waals surface area contributed by atoms with Crippen LogP contribution in [0.1, 0.15) is 38.5 Å². The minimum Gasteiger partial charge on any atom is -0.381 e. The lowest BCUT2D eigenvalue weighted by atomic mass is 9.76. The third kappa shape index (κ3) is 2.98. The molecule has 2 heterocycles. The molecule has 0 N–H and O–H groups in total. The molecule has 116 valence electrons. The van der Waals surface area contributed by atoms with Crippen LogP contribution in [0.15, 0.2) is 18.5 Å². The normalized spacial score (nSPS) is 29.2. The maximum Gasteiger partial charge on any atom is 0.224 e. The van der Waals surface area contributed by atoms with Crippen LogP contribution in [0.5, 0.6) is 0 Å². The number of methoxy groups -OCH3 is 1. The average molecular weight is 291 g/mol. The molecule has 1 aromatic heterocycles. The predicted molar refractivity (Wildman–Crippen MR) is 79.7 cm³/mol. The first kappa shape index (κ1) is 14.6. The maximum absolute atomic E-state index is 12.5. The highest BCUT2D eigenvalue weighted by atomic mass is 16.5. The van der Waals surface area contributed by atoms with Crippen molar-refractivity contribution in [2.45, 2.75) is 51.2 Å². The van der Waals surface area contributed by atoms with E-state index in [2.05, 4.69) is 10.00 Å². The average Bonchev–Trinajstić information content (AvgIpc) is 3.14. The zero-order valence-electron chi connectivity index (χ0n) is 12.8. The van der Waals surface area contributed by atoms with E-state index in [0.29, 0.717) is 19.1 Å². The molecule has 0 radical (unpaired) electrons. The molecule has 1 spiro atoms. The van der Waals surface area contributed by atoms with Gasteiger partial charge in [-0.1, -0.05) is 6.42 Å². The van der Waals surface area contributed by atoms with Crippen molar-refractivity contribution in [3.63, 3.8) is 0 Å². The molecule has 2 fully saturated rings. The van der Waals surface area contributed by atoms with Crippen molar-refractivity contribution in [1.82, 2.24) is 14.7 Å². The van der Waals surface area contributed by atoms with Crippen LogP contribution in [0.3, 0.4) is 0 Å². The van der Waals surface area contributed by atoms with Gasteiger partial charge in [-0.2, -0.15) is 5.10 Å². The fourth-order valence-electron chi connectivity index (χ4n) is 4.12. The van der Waals surface area contributed by atoms with Crippen LogP contribution in [0, 0.1) is 5.41 Å². The van der Waals surface area contributed by atoms with Gasteiger partial charge in [-0.05, 0) is 31.7 Å². The predicted octanol–water partition coefficient (Wildman–Crippen LogP) is 2.08. The van der Waals surface area contributed by atoms with Crippen molar-refractivity contribution >= 4 is 5.91 Å². The van der Waals surface area contributed by atoms with Gasteiger partial charge in [-0.15, -0.1) is 0 Å². The molecule has 0 unspecified atom stereocenters. The molecule has 1 aliphatic carbocycles. The summed E-state index contributed by atoms with van der Waals surface area (Å²) in [6.45, 7) is 2.45. The smallest absolute Gasteiger partial charge is 0.224 e. The van der Waals surface area contributed by atoms with E-state index in [4.69, 9.17) is 4.74 Å². The topological polar surface area (TPSA) is 47.4 Å².